The van der Waals surface area contributed by atoms with Crippen molar-refractivity contribution in [2.24, 2.45) is 5.73 Å². The van der Waals surface area contributed by atoms with Gasteiger partial charge in [0.2, 0.25) is 17.7 Å². The quantitative estimate of drug-likeness (QED) is 0.155. The van der Waals surface area contributed by atoms with Gasteiger partial charge in [-0.15, -0.1) is 0 Å². The SMILES string of the molecule is C[C@H](C=O)NC(=O)[C@H](CS)NC(=O)[C@H](CO)NC(=O)[C@@H](N)CO. The van der Waals surface area contributed by atoms with Gasteiger partial charge in [0.05, 0.1) is 19.3 Å². The molecule has 23 heavy (non-hydrogen) atoms. The first-order valence-corrected chi connectivity index (χ1v) is 7.38. The van der Waals surface area contributed by atoms with E-state index in [-0.39, 0.29) is 5.75 Å². The number of hydrogen-bond donors (Lipinski definition) is 7. The molecule has 0 aliphatic rings. The van der Waals surface area contributed by atoms with Gasteiger partial charge in [0, 0.05) is 5.75 Å². The Balaban J connectivity index is 4.74. The lowest BCUT2D eigenvalue weighted by atomic mass is 10.2. The van der Waals surface area contributed by atoms with E-state index in [2.05, 4.69) is 28.6 Å². The Kier molecular flexibility index (Phi) is 10.1. The second kappa shape index (κ2) is 10.9. The molecule has 0 spiro atoms. The van der Waals surface area contributed by atoms with Crippen molar-refractivity contribution in [2.45, 2.75) is 31.1 Å². The predicted octanol–water partition coefficient (Wildman–Crippen LogP) is -4.10. The molecule has 0 unspecified atom stereocenters. The van der Waals surface area contributed by atoms with Crippen molar-refractivity contribution in [3.63, 3.8) is 0 Å². The first-order chi connectivity index (χ1) is 10.8. The van der Waals surface area contributed by atoms with Crippen molar-refractivity contribution >= 4 is 36.6 Å². The van der Waals surface area contributed by atoms with E-state index in [1.165, 1.54) is 6.92 Å². The third-order valence-electron chi connectivity index (χ3n) is 2.74. The largest absolute Gasteiger partial charge is 0.394 e. The van der Waals surface area contributed by atoms with Gasteiger partial charge < -0.3 is 36.7 Å². The van der Waals surface area contributed by atoms with Gasteiger partial charge in [-0.3, -0.25) is 14.4 Å². The molecule has 0 saturated heterocycles. The molecule has 0 aromatic carbocycles. The van der Waals surface area contributed by atoms with Crippen molar-refractivity contribution in [1.82, 2.24) is 16.0 Å². The van der Waals surface area contributed by atoms with Crippen LogP contribution in [0.15, 0.2) is 0 Å². The lowest BCUT2D eigenvalue weighted by Crippen LogP contribution is -2.58. The molecule has 0 heterocycles. The number of aliphatic hydroxyl groups excluding tert-OH is 2. The lowest BCUT2D eigenvalue weighted by molar-refractivity contribution is -0.133. The van der Waals surface area contributed by atoms with E-state index >= 15 is 0 Å². The summed E-state index contributed by atoms with van der Waals surface area (Å²) in [7, 11) is 0. The molecule has 0 rings (SSSR count). The summed E-state index contributed by atoms with van der Waals surface area (Å²) in [4.78, 5) is 45.8. The van der Waals surface area contributed by atoms with Crippen molar-refractivity contribution in [1.29, 1.82) is 0 Å². The van der Waals surface area contributed by atoms with Crippen LogP contribution >= 0.6 is 12.6 Å². The molecule has 0 aromatic heterocycles. The van der Waals surface area contributed by atoms with Crippen molar-refractivity contribution in [3.05, 3.63) is 0 Å². The molecule has 0 aliphatic heterocycles. The average molecular weight is 350 g/mol. The standard InChI is InChI=1S/C12H22N4O6S/c1-6(2-17)14-12(22)9(5-23)16-11(21)8(4-19)15-10(20)7(13)3-18/h2,6-9,18-19,23H,3-5,13H2,1H3,(H,14,22)(H,15,20)(H,16,21)/t6-,7+,8+,9+/m1/s1. The van der Waals surface area contributed by atoms with Crippen molar-refractivity contribution in [3.8, 4) is 0 Å². The highest BCUT2D eigenvalue weighted by atomic mass is 32.1. The minimum atomic E-state index is -1.35. The van der Waals surface area contributed by atoms with Crippen LogP contribution in [0.1, 0.15) is 6.92 Å². The van der Waals surface area contributed by atoms with Crippen molar-refractivity contribution < 1.29 is 29.4 Å². The Morgan fingerprint density at radius 3 is 2.00 bits per heavy atom. The van der Waals surface area contributed by atoms with Crippen LogP contribution in [-0.4, -0.2) is 77.4 Å². The fourth-order valence-electron chi connectivity index (χ4n) is 1.38. The fraction of sp³-hybridized carbons (Fsp3) is 0.667. The molecule has 0 fully saturated rings. The average Bonchev–Trinajstić information content (AvgIpc) is 2.55. The summed E-state index contributed by atoms with van der Waals surface area (Å²) in [6, 6.07) is -4.39. The first-order valence-electron chi connectivity index (χ1n) is 6.75. The van der Waals surface area contributed by atoms with E-state index in [1.54, 1.807) is 0 Å². The van der Waals surface area contributed by atoms with Gasteiger partial charge in [0.15, 0.2) is 0 Å². The maximum Gasteiger partial charge on any atom is 0.245 e. The molecule has 4 atom stereocenters. The number of carbonyl (C=O) groups excluding carboxylic acids is 4. The summed E-state index contributed by atoms with van der Waals surface area (Å²) >= 11 is 3.93. The van der Waals surface area contributed by atoms with Crippen LogP contribution < -0.4 is 21.7 Å². The van der Waals surface area contributed by atoms with Gasteiger partial charge in [-0.2, -0.15) is 12.6 Å². The van der Waals surface area contributed by atoms with Crippen LogP contribution in [-0.2, 0) is 19.2 Å². The highest BCUT2D eigenvalue weighted by Gasteiger charge is 2.27. The van der Waals surface area contributed by atoms with E-state index in [0.29, 0.717) is 6.29 Å². The third kappa shape index (κ3) is 7.41. The van der Waals surface area contributed by atoms with Crippen LogP contribution in [0.25, 0.3) is 0 Å². The highest BCUT2D eigenvalue weighted by molar-refractivity contribution is 7.80. The molecule has 7 N–H and O–H groups in total. The zero-order valence-corrected chi connectivity index (χ0v) is 13.5. The number of thiol groups is 1. The summed E-state index contributed by atoms with van der Waals surface area (Å²) in [6.07, 6.45) is 0.516. The minimum Gasteiger partial charge on any atom is -0.394 e. The predicted molar refractivity (Wildman–Crippen MR) is 83.5 cm³/mol. The molecule has 0 aromatic rings. The molecule has 0 radical (unpaired) electrons. The van der Waals surface area contributed by atoms with Crippen molar-refractivity contribution in [2.75, 3.05) is 19.0 Å². The van der Waals surface area contributed by atoms with Gasteiger partial charge in [-0.25, -0.2) is 0 Å². The molecule has 0 aliphatic carbocycles. The Morgan fingerprint density at radius 1 is 1.04 bits per heavy atom. The zero-order valence-electron chi connectivity index (χ0n) is 12.6. The third-order valence-corrected chi connectivity index (χ3v) is 3.10. The minimum absolute atomic E-state index is 0.0641. The van der Waals surface area contributed by atoms with Crippen LogP contribution in [0.4, 0.5) is 0 Å². The summed E-state index contributed by atoms with van der Waals surface area (Å²) in [5.41, 5.74) is 5.28. The molecule has 0 bridgehead atoms. The summed E-state index contributed by atoms with van der Waals surface area (Å²) in [5.74, 6) is -2.36. The van der Waals surface area contributed by atoms with E-state index in [1.807, 2.05) is 0 Å². The zero-order chi connectivity index (χ0) is 18.0. The lowest BCUT2D eigenvalue weighted by Gasteiger charge is -2.22. The smallest absolute Gasteiger partial charge is 0.245 e. The first kappa shape index (κ1) is 21.3. The molecule has 10 nitrogen and oxygen atoms in total. The van der Waals surface area contributed by atoms with E-state index < -0.39 is 55.1 Å². The van der Waals surface area contributed by atoms with E-state index in [0.717, 1.165) is 0 Å². The number of carbonyl (C=O) groups is 4. The summed E-state index contributed by atoms with van der Waals surface area (Å²) < 4.78 is 0. The molecule has 11 heteroatoms. The van der Waals surface area contributed by atoms with Gasteiger partial charge >= 0.3 is 0 Å². The maximum absolute atomic E-state index is 12.0. The normalized spacial score (nSPS) is 15.7. The van der Waals surface area contributed by atoms with Gasteiger partial charge in [-0.1, -0.05) is 0 Å². The van der Waals surface area contributed by atoms with Gasteiger partial charge in [0.25, 0.3) is 0 Å². The number of aldehydes is 1. The molecular formula is C12H22N4O6S. The highest BCUT2D eigenvalue weighted by Crippen LogP contribution is 1.94. The Morgan fingerprint density at radius 2 is 1.57 bits per heavy atom. The van der Waals surface area contributed by atoms with E-state index in [4.69, 9.17) is 15.9 Å². The van der Waals surface area contributed by atoms with Crippen LogP contribution in [0.5, 0.6) is 0 Å². The summed E-state index contributed by atoms with van der Waals surface area (Å²) in [5, 5.41) is 24.7. The molecule has 132 valence electrons. The number of amides is 3. The fourth-order valence-corrected chi connectivity index (χ4v) is 1.64. The Bertz CT molecular complexity index is 436. The topological polar surface area (TPSA) is 171 Å². The summed E-state index contributed by atoms with van der Waals surface area (Å²) in [6.45, 7) is 0.0908. The molecular weight excluding hydrogens is 328 g/mol. The van der Waals surface area contributed by atoms with Crippen LogP contribution in [0.3, 0.4) is 0 Å². The number of hydrogen-bond acceptors (Lipinski definition) is 8. The van der Waals surface area contributed by atoms with Crippen LogP contribution in [0.2, 0.25) is 0 Å². The van der Waals surface area contributed by atoms with Crippen LogP contribution in [0, 0.1) is 0 Å². The molecule has 3 amide bonds. The Labute approximate surface area is 138 Å². The monoisotopic (exact) mass is 350 g/mol. The van der Waals surface area contributed by atoms with Gasteiger partial charge in [-0.05, 0) is 6.92 Å². The second-order valence-electron chi connectivity index (χ2n) is 4.71. The Hall–Kier alpha value is -1.69. The second-order valence-corrected chi connectivity index (χ2v) is 5.08. The number of nitrogens with one attached hydrogen (secondary N) is 3. The molecule has 0 saturated carbocycles. The number of nitrogens with two attached hydrogens (primary N) is 1. The van der Waals surface area contributed by atoms with E-state index in [9.17, 15) is 19.2 Å². The van der Waals surface area contributed by atoms with Gasteiger partial charge in [0.1, 0.15) is 24.4 Å². The number of rotatable bonds is 10. The number of aliphatic hydroxyl groups is 2. The maximum atomic E-state index is 12.0.